The van der Waals surface area contributed by atoms with E-state index in [9.17, 15) is 4.79 Å². The molecule has 1 rings (SSSR count). The fraction of sp³-hybridized carbons (Fsp3) is 0.438. The van der Waals surface area contributed by atoms with E-state index in [1.54, 1.807) is 13.0 Å². The first kappa shape index (κ1) is 14.5. The number of aryl methyl sites for hydroxylation is 1. The smallest absolute Gasteiger partial charge is 0.336 e. The Kier molecular flexibility index (Phi) is 5.63. The third-order valence-corrected chi connectivity index (χ3v) is 2.73. The van der Waals surface area contributed by atoms with E-state index in [1.807, 2.05) is 6.07 Å². The fourth-order valence-corrected chi connectivity index (χ4v) is 1.77. The number of rotatable bonds is 5. The summed E-state index contributed by atoms with van der Waals surface area (Å²) in [4.78, 5) is 11.2. The van der Waals surface area contributed by atoms with Gasteiger partial charge in [-0.1, -0.05) is 23.3 Å². The third kappa shape index (κ3) is 5.67. The van der Waals surface area contributed by atoms with Gasteiger partial charge in [-0.25, -0.2) is 4.79 Å². The summed E-state index contributed by atoms with van der Waals surface area (Å²) in [5.41, 5.74) is 3.48. The minimum Gasteiger partial charge on any atom is -0.428 e. The van der Waals surface area contributed by atoms with E-state index in [1.165, 1.54) is 11.1 Å². The van der Waals surface area contributed by atoms with E-state index in [-0.39, 0.29) is 5.63 Å². The Morgan fingerprint density at radius 3 is 2.56 bits per heavy atom. The molecule has 0 unspecified atom stereocenters. The molecular weight excluding hydrogens is 224 g/mol. The van der Waals surface area contributed by atoms with Gasteiger partial charge in [0, 0.05) is 6.07 Å². The zero-order chi connectivity index (χ0) is 13.5. The summed E-state index contributed by atoms with van der Waals surface area (Å²) in [6.07, 6.45) is 7.39. The summed E-state index contributed by atoms with van der Waals surface area (Å²) in [5.74, 6) is 0.674. The molecule has 0 amide bonds. The maximum absolute atomic E-state index is 11.2. The van der Waals surface area contributed by atoms with E-state index in [2.05, 4.69) is 32.9 Å². The molecule has 2 heteroatoms. The van der Waals surface area contributed by atoms with Gasteiger partial charge in [-0.05, 0) is 58.6 Å². The summed E-state index contributed by atoms with van der Waals surface area (Å²) in [5, 5.41) is 0. The van der Waals surface area contributed by atoms with Gasteiger partial charge in [0.1, 0.15) is 5.76 Å². The van der Waals surface area contributed by atoms with Gasteiger partial charge < -0.3 is 4.42 Å². The molecule has 0 aliphatic carbocycles. The van der Waals surface area contributed by atoms with E-state index in [4.69, 9.17) is 4.42 Å². The highest BCUT2D eigenvalue weighted by Gasteiger charge is 1.97. The summed E-state index contributed by atoms with van der Waals surface area (Å²) < 4.78 is 4.93. The standard InChI is InChI=1S/C16H22O2/c1-12(2)6-5-7-13(3)8-9-15-10-14(4)18-16(17)11-15/h6,8,10-11H,5,7,9H2,1-4H3/b13-8+. The Hall–Kier alpha value is -1.57. The molecule has 0 radical (unpaired) electrons. The Morgan fingerprint density at radius 1 is 1.22 bits per heavy atom. The molecule has 0 aliphatic heterocycles. The topological polar surface area (TPSA) is 30.2 Å². The molecule has 0 spiro atoms. The van der Waals surface area contributed by atoms with Crippen molar-refractivity contribution in [2.24, 2.45) is 0 Å². The van der Waals surface area contributed by atoms with Gasteiger partial charge in [0.25, 0.3) is 0 Å². The van der Waals surface area contributed by atoms with Crippen LogP contribution in [0.4, 0.5) is 0 Å². The molecule has 0 fully saturated rings. The van der Waals surface area contributed by atoms with E-state index in [0.29, 0.717) is 5.76 Å². The minimum atomic E-state index is -0.263. The highest BCUT2D eigenvalue weighted by molar-refractivity contribution is 5.18. The zero-order valence-corrected chi connectivity index (χ0v) is 11.7. The second-order valence-corrected chi connectivity index (χ2v) is 4.97. The van der Waals surface area contributed by atoms with Crippen molar-refractivity contribution in [1.82, 2.24) is 0 Å². The van der Waals surface area contributed by atoms with Crippen LogP contribution in [0.25, 0.3) is 0 Å². The Bertz CT molecular complexity index is 500. The van der Waals surface area contributed by atoms with Gasteiger partial charge in [-0.3, -0.25) is 0 Å². The van der Waals surface area contributed by atoms with Crippen molar-refractivity contribution < 1.29 is 4.42 Å². The lowest BCUT2D eigenvalue weighted by atomic mass is 10.1. The van der Waals surface area contributed by atoms with E-state index >= 15 is 0 Å². The summed E-state index contributed by atoms with van der Waals surface area (Å²) in [6, 6.07) is 3.48. The summed E-state index contributed by atoms with van der Waals surface area (Å²) >= 11 is 0. The van der Waals surface area contributed by atoms with Crippen LogP contribution in [-0.2, 0) is 6.42 Å². The molecular formula is C16H22O2. The second-order valence-electron chi connectivity index (χ2n) is 4.97. The van der Waals surface area contributed by atoms with Crippen molar-refractivity contribution in [2.75, 3.05) is 0 Å². The van der Waals surface area contributed by atoms with Crippen LogP contribution in [-0.4, -0.2) is 0 Å². The monoisotopic (exact) mass is 246 g/mol. The highest BCUT2D eigenvalue weighted by atomic mass is 16.4. The molecule has 1 heterocycles. The molecule has 0 saturated heterocycles. The SMILES string of the molecule is CC(C)=CCC/C(C)=C/Cc1cc(C)oc(=O)c1. The lowest BCUT2D eigenvalue weighted by molar-refractivity contribution is 0.478. The van der Waals surface area contributed by atoms with Crippen LogP contribution in [0.2, 0.25) is 0 Å². The van der Waals surface area contributed by atoms with Crippen molar-refractivity contribution in [1.29, 1.82) is 0 Å². The predicted molar refractivity (Wildman–Crippen MR) is 75.8 cm³/mol. The van der Waals surface area contributed by atoms with Gasteiger partial charge in [0.15, 0.2) is 0 Å². The van der Waals surface area contributed by atoms with Gasteiger partial charge in [0.05, 0.1) is 0 Å². The van der Waals surface area contributed by atoms with Crippen molar-refractivity contribution in [3.05, 3.63) is 57.2 Å². The molecule has 1 aromatic rings. The van der Waals surface area contributed by atoms with Crippen molar-refractivity contribution >= 4 is 0 Å². The molecule has 0 saturated carbocycles. The van der Waals surface area contributed by atoms with Gasteiger partial charge in [-0.15, -0.1) is 0 Å². The number of hydrogen-bond donors (Lipinski definition) is 0. The lowest BCUT2D eigenvalue weighted by Crippen LogP contribution is -2.00. The summed E-state index contributed by atoms with van der Waals surface area (Å²) in [7, 11) is 0. The van der Waals surface area contributed by atoms with Crippen molar-refractivity contribution in [3.8, 4) is 0 Å². The van der Waals surface area contributed by atoms with Gasteiger partial charge in [0.2, 0.25) is 0 Å². The highest BCUT2D eigenvalue weighted by Crippen LogP contribution is 2.09. The van der Waals surface area contributed by atoms with Crippen LogP contribution >= 0.6 is 0 Å². The zero-order valence-electron chi connectivity index (χ0n) is 11.7. The predicted octanol–water partition coefficient (Wildman–Crippen LogP) is 4.18. The van der Waals surface area contributed by atoms with Crippen LogP contribution in [0.3, 0.4) is 0 Å². The molecule has 0 bridgehead atoms. The van der Waals surface area contributed by atoms with Crippen LogP contribution in [0.5, 0.6) is 0 Å². The maximum atomic E-state index is 11.2. The molecule has 1 aromatic heterocycles. The quantitative estimate of drug-likeness (QED) is 0.729. The third-order valence-electron chi connectivity index (χ3n) is 2.73. The molecule has 98 valence electrons. The van der Waals surface area contributed by atoms with Crippen LogP contribution in [0.1, 0.15) is 44.9 Å². The fourth-order valence-electron chi connectivity index (χ4n) is 1.77. The maximum Gasteiger partial charge on any atom is 0.336 e. The average molecular weight is 246 g/mol. The van der Waals surface area contributed by atoms with Crippen molar-refractivity contribution in [2.45, 2.75) is 47.0 Å². The molecule has 18 heavy (non-hydrogen) atoms. The lowest BCUT2D eigenvalue weighted by Gasteiger charge is -2.01. The Morgan fingerprint density at radius 2 is 1.94 bits per heavy atom. The van der Waals surface area contributed by atoms with Gasteiger partial charge >= 0.3 is 5.63 Å². The molecule has 0 atom stereocenters. The molecule has 0 N–H and O–H groups in total. The van der Waals surface area contributed by atoms with Crippen molar-refractivity contribution in [3.63, 3.8) is 0 Å². The Balaban J connectivity index is 2.57. The largest absolute Gasteiger partial charge is 0.428 e. The van der Waals surface area contributed by atoms with Crippen LogP contribution in [0.15, 0.2) is 44.6 Å². The van der Waals surface area contributed by atoms with Gasteiger partial charge in [-0.2, -0.15) is 0 Å². The first-order valence-electron chi connectivity index (χ1n) is 6.37. The normalized spacial score (nSPS) is 11.4. The molecule has 0 aromatic carbocycles. The van der Waals surface area contributed by atoms with E-state index < -0.39 is 0 Å². The molecule has 2 nitrogen and oxygen atoms in total. The minimum absolute atomic E-state index is 0.263. The summed E-state index contributed by atoms with van der Waals surface area (Å²) in [6.45, 7) is 8.17. The molecule has 0 aliphatic rings. The number of hydrogen-bond acceptors (Lipinski definition) is 2. The first-order chi connectivity index (χ1) is 8.47. The van der Waals surface area contributed by atoms with E-state index in [0.717, 1.165) is 24.8 Å². The number of allylic oxidation sites excluding steroid dienone is 4. The Labute approximate surface area is 109 Å². The second kappa shape index (κ2) is 7.00. The first-order valence-corrected chi connectivity index (χ1v) is 6.37. The average Bonchev–Trinajstić information content (AvgIpc) is 2.24. The van der Waals surface area contributed by atoms with Crippen LogP contribution < -0.4 is 5.63 Å². The van der Waals surface area contributed by atoms with Crippen LogP contribution in [0, 0.1) is 6.92 Å².